The van der Waals surface area contributed by atoms with E-state index < -0.39 is 12.0 Å². The number of carbonyl (C=O) groups is 1. The summed E-state index contributed by atoms with van der Waals surface area (Å²) in [5.41, 5.74) is 6.56. The number of nitrogens with zero attached hydrogens (tertiary/aromatic N) is 3. The first-order chi connectivity index (χ1) is 18.2. The lowest BCUT2D eigenvalue weighted by Gasteiger charge is -2.25. The van der Waals surface area contributed by atoms with E-state index in [1.165, 1.54) is 16.9 Å². The lowest BCUT2D eigenvalue weighted by atomic mass is 9.96. The third-order valence-corrected chi connectivity index (χ3v) is 8.09. The number of esters is 1. The first-order valence-corrected chi connectivity index (χ1v) is 13.6. The molecule has 3 heterocycles. The van der Waals surface area contributed by atoms with Crippen LogP contribution < -0.4 is 14.9 Å². The number of benzene rings is 2. The van der Waals surface area contributed by atoms with E-state index in [-0.39, 0.29) is 12.2 Å². The van der Waals surface area contributed by atoms with E-state index >= 15 is 0 Å². The molecule has 0 unspecified atom stereocenters. The van der Waals surface area contributed by atoms with Gasteiger partial charge in [0.15, 0.2) is 4.80 Å². The van der Waals surface area contributed by atoms with Gasteiger partial charge in [-0.2, -0.15) is 0 Å². The van der Waals surface area contributed by atoms with Gasteiger partial charge in [-0.15, -0.1) is 0 Å². The molecule has 1 aliphatic rings. The van der Waals surface area contributed by atoms with Crippen molar-refractivity contribution in [3.63, 3.8) is 0 Å². The predicted octanol–water partition coefficient (Wildman–Crippen LogP) is 5.17. The Morgan fingerprint density at radius 1 is 1.11 bits per heavy atom. The first kappa shape index (κ1) is 25.9. The Labute approximate surface area is 229 Å². The minimum atomic E-state index is -0.735. The maximum Gasteiger partial charge on any atom is 0.338 e. The van der Waals surface area contributed by atoms with Crippen LogP contribution in [0.5, 0.6) is 0 Å². The molecule has 0 fully saturated rings. The van der Waals surface area contributed by atoms with Gasteiger partial charge in [-0.05, 0) is 76.1 Å². The van der Waals surface area contributed by atoms with E-state index in [1.807, 2.05) is 31.2 Å². The van der Waals surface area contributed by atoms with E-state index in [9.17, 15) is 9.59 Å². The molecule has 0 saturated carbocycles. The second-order valence-corrected chi connectivity index (χ2v) is 10.7. The Hall–Kier alpha value is -3.68. The number of ether oxygens (including phenoxy) is 1. The largest absolute Gasteiger partial charge is 0.463 e. The van der Waals surface area contributed by atoms with Crippen LogP contribution in [-0.2, 0) is 9.53 Å². The van der Waals surface area contributed by atoms with Gasteiger partial charge in [0.05, 0.1) is 22.4 Å². The number of hydrogen-bond acceptors (Lipinski definition) is 5. The number of thiazole rings is 1. The second-order valence-electron chi connectivity index (χ2n) is 9.32. The van der Waals surface area contributed by atoms with Gasteiger partial charge in [0, 0.05) is 22.1 Å². The van der Waals surface area contributed by atoms with Gasteiger partial charge in [0.25, 0.3) is 5.56 Å². The molecule has 1 atom stereocenters. The number of allylic oxidation sites excluding steroid dienone is 1. The summed E-state index contributed by atoms with van der Waals surface area (Å²) in [6.45, 7) is 9.90. The van der Waals surface area contributed by atoms with Crippen LogP contribution in [0.1, 0.15) is 48.0 Å². The lowest BCUT2D eigenvalue weighted by molar-refractivity contribution is -0.139. The summed E-state index contributed by atoms with van der Waals surface area (Å²) in [6.07, 6.45) is 1.91. The topological polar surface area (TPSA) is 65.6 Å². The van der Waals surface area contributed by atoms with Gasteiger partial charge in [0.2, 0.25) is 0 Å². The van der Waals surface area contributed by atoms with Gasteiger partial charge in [-0.1, -0.05) is 58.8 Å². The highest BCUT2D eigenvalue weighted by Crippen LogP contribution is 2.34. The SMILES string of the molecule is CCOC(=O)C1=C(C)N=c2s/c(=C\c3cc(C)n(-c4ccc(C)cc4)c3C)c(=O)n2[C@@H]1c1ccccc1Cl. The molecule has 8 heteroatoms. The number of halogens is 1. The quantitative estimate of drug-likeness (QED) is 0.325. The number of rotatable bonds is 5. The van der Waals surface area contributed by atoms with E-state index in [2.05, 4.69) is 53.7 Å². The number of hydrogen-bond donors (Lipinski definition) is 0. The highest BCUT2D eigenvalue weighted by molar-refractivity contribution is 7.07. The Morgan fingerprint density at radius 2 is 1.82 bits per heavy atom. The van der Waals surface area contributed by atoms with Crippen LogP contribution in [0.3, 0.4) is 0 Å². The van der Waals surface area contributed by atoms with Gasteiger partial charge in [-0.3, -0.25) is 9.36 Å². The number of fused-ring (bicyclic) bond motifs is 1. The lowest BCUT2D eigenvalue weighted by Crippen LogP contribution is -2.40. The van der Waals surface area contributed by atoms with Crippen molar-refractivity contribution in [3.8, 4) is 5.69 Å². The maximum atomic E-state index is 13.9. The Balaban J connectivity index is 1.70. The summed E-state index contributed by atoms with van der Waals surface area (Å²) in [5, 5.41) is 0.463. The molecule has 0 N–H and O–H groups in total. The molecular formula is C30H28ClN3O3S. The molecule has 0 saturated heterocycles. The molecule has 0 bridgehead atoms. The van der Waals surface area contributed by atoms with Gasteiger partial charge in [-0.25, -0.2) is 9.79 Å². The molecule has 5 rings (SSSR count). The molecule has 0 amide bonds. The molecule has 0 aliphatic carbocycles. The molecule has 194 valence electrons. The maximum absolute atomic E-state index is 13.9. The Bertz CT molecular complexity index is 1770. The van der Waals surface area contributed by atoms with Gasteiger partial charge < -0.3 is 9.30 Å². The van der Waals surface area contributed by atoms with E-state index in [0.29, 0.717) is 31.2 Å². The summed E-state index contributed by atoms with van der Waals surface area (Å²) < 4.78 is 9.63. The van der Waals surface area contributed by atoms with Crippen molar-refractivity contribution in [1.82, 2.24) is 9.13 Å². The van der Waals surface area contributed by atoms with Crippen LogP contribution in [0.25, 0.3) is 11.8 Å². The smallest absolute Gasteiger partial charge is 0.338 e. The molecule has 2 aromatic carbocycles. The fraction of sp³-hybridized carbons (Fsp3) is 0.233. The van der Waals surface area contributed by atoms with E-state index in [1.54, 1.807) is 24.5 Å². The predicted molar refractivity (Wildman–Crippen MR) is 152 cm³/mol. The molecule has 2 aromatic heterocycles. The average Bonchev–Trinajstić information content (AvgIpc) is 3.33. The summed E-state index contributed by atoms with van der Waals surface area (Å²) in [7, 11) is 0. The summed E-state index contributed by atoms with van der Waals surface area (Å²) in [5.74, 6) is -0.505. The first-order valence-electron chi connectivity index (χ1n) is 12.4. The van der Waals surface area contributed by atoms with E-state index in [0.717, 1.165) is 22.6 Å². The fourth-order valence-electron chi connectivity index (χ4n) is 4.95. The Morgan fingerprint density at radius 3 is 2.50 bits per heavy atom. The molecule has 38 heavy (non-hydrogen) atoms. The highest BCUT2D eigenvalue weighted by atomic mass is 35.5. The van der Waals surface area contributed by atoms with Crippen molar-refractivity contribution >= 4 is 35.0 Å². The monoisotopic (exact) mass is 545 g/mol. The molecular weight excluding hydrogens is 518 g/mol. The van der Waals surface area contributed by atoms with Crippen LogP contribution >= 0.6 is 22.9 Å². The molecule has 4 aromatic rings. The van der Waals surface area contributed by atoms with Crippen molar-refractivity contribution < 1.29 is 9.53 Å². The number of aromatic nitrogens is 2. The molecule has 1 aliphatic heterocycles. The molecule has 6 nitrogen and oxygen atoms in total. The van der Waals surface area contributed by atoms with Crippen LogP contribution in [0.15, 0.2) is 75.7 Å². The fourth-order valence-corrected chi connectivity index (χ4v) is 6.23. The number of carbonyl (C=O) groups excluding carboxylic acids is 1. The van der Waals surface area contributed by atoms with Crippen molar-refractivity contribution in [3.05, 3.63) is 119 Å². The second kappa shape index (κ2) is 10.2. The van der Waals surface area contributed by atoms with Crippen molar-refractivity contribution in [1.29, 1.82) is 0 Å². The van der Waals surface area contributed by atoms with Crippen LogP contribution in [0.2, 0.25) is 5.02 Å². The zero-order chi connectivity index (χ0) is 27.1. The van der Waals surface area contributed by atoms with Crippen molar-refractivity contribution in [2.75, 3.05) is 6.61 Å². The average molecular weight is 546 g/mol. The number of aryl methyl sites for hydroxylation is 2. The highest BCUT2D eigenvalue weighted by Gasteiger charge is 2.34. The minimum absolute atomic E-state index is 0.214. The molecule has 0 radical (unpaired) electrons. The van der Waals surface area contributed by atoms with E-state index in [4.69, 9.17) is 16.3 Å². The third-order valence-electron chi connectivity index (χ3n) is 6.77. The summed E-state index contributed by atoms with van der Waals surface area (Å²) in [6, 6.07) is 17.0. The van der Waals surface area contributed by atoms with Crippen molar-refractivity contribution in [2.45, 2.75) is 40.7 Å². The van der Waals surface area contributed by atoms with Crippen molar-refractivity contribution in [2.24, 2.45) is 4.99 Å². The normalized spacial score (nSPS) is 15.4. The zero-order valence-electron chi connectivity index (χ0n) is 21.9. The van der Waals surface area contributed by atoms with Gasteiger partial charge >= 0.3 is 5.97 Å². The van der Waals surface area contributed by atoms with Crippen LogP contribution in [-0.4, -0.2) is 21.7 Å². The summed E-state index contributed by atoms with van der Waals surface area (Å²) in [4.78, 5) is 32.1. The summed E-state index contributed by atoms with van der Waals surface area (Å²) >= 11 is 7.89. The third kappa shape index (κ3) is 4.46. The Kier molecular flexibility index (Phi) is 6.99. The molecule has 0 spiro atoms. The van der Waals surface area contributed by atoms with Crippen LogP contribution in [0, 0.1) is 20.8 Å². The van der Waals surface area contributed by atoms with Crippen LogP contribution in [0.4, 0.5) is 0 Å². The van der Waals surface area contributed by atoms with Gasteiger partial charge in [0.1, 0.15) is 6.04 Å². The standard InChI is InChI=1S/C30H28ClN3O3S/c1-6-37-29(36)26-19(4)32-30-34(27(26)23-9-7-8-10-24(23)31)28(35)25(38-30)16-21-15-18(3)33(20(21)5)22-13-11-17(2)12-14-22/h7-16,27H,6H2,1-5H3/b25-16-/t27-/m1/s1. The zero-order valence-corrected chi connectivity index (χ0v) is 23.5. The minimum Gasteiger partial charge on any atom is -0.463 e.